The van der Waals surface area contributed by atoms with Gasteiger partial charge in [0.2, 0.25) is 0 Å². The van der Waals surface area contributed by atoms with Crippen LogP contribution in [-0.4, -0.2) is 15.0 Å². The summed E-state index contributed by atoms with van der Waals surface area (Å²) in [6.45, 7) is 9.21. The Morgan fingerprint density at radius 3 is 1.99 bits per heavy atom. The van der Waals surface area contributed by atoms with Gasteiger partial charge in [0.15, 0.2) is 0 Å². The minimum atomic E-state index is 0. The van der Waals surface area contributed by atoms with Crippen molar-refractivity contribution in [2.75, 3.05) is 0 Å². The minimum Gasteiger partial charge on any atom is -0.501 e. The van der Waals surface area contributed by atoms with Gasteiger partial charge in [-0.1, -0.05) is 116 Å². The van der Waals surface area contributed by atoms with Gasteiger partial charge in [-0.05, 0) is 150 Å². The largest absolute Gasteiger partial charge is 3.00 e. The summed E-state index contributed by atoms with van der Waals surface area (Å²) in [6.07, 6.45) is 15.0. The van der Waals surface area contributed by atoms with Crippen molar-refractivity contribution < 1.29 is 24.5 Å². The molecule has 4 heterocycles. The number of nitrogens with zero attached hydrogens (tertiary/aromatic N) is 3. The summed E-state index contributed by atoms with van der Waals surface area (Å²) in [5.41, 5.74) is 19.9. The molecule has 5 heteroatoms. The molecule has 0 atom stereocenters. The fourth-order valence-corrected chi connectivity index (χ4v) is 9.95. The van der Waals surface area contributed by atoms with E-state index in [2.05, 4.69) is 147 Å². The van der Waals surface area contributed by atoms with Crippen molar-refractivity contribution >= 4 is 21.9 Å². The second kappa shape index (κ2) is 21.9. The van der Waals surface area contributed by atoms with Crippen molar-refractivity contribution in [1.82, 2.24) is 15.0 Å². The second-order valence-corrected chi connectivity index (χ2v) is 19.6. The zero-order valence-corrected chi connectivity index (χ0v) is 43.0. The Kier molecular flexibility index (Phi) is 15.1. The van der Waals surface area contributed by atoms with Crippen LogP contribution in [0.4, 0.5) is 0 Å². The molecule has 0 bridgehead atoms. The molecule has 0 N–H and O–H groups in total. The first kappa shape index (κ1) is 48.3. The van der Waals surface area contributed by atoms with Gasteiger partial charge in [-0.25, -0.2) is 0 Å². The van der Waals surface area contributed by atoms with Crippen LogP contribution in [0.5, 0.6) is 0 Å². The van der Waals surface area contributed by atoms with Crippen LogP contribution in [0.15, 0.2) is 181 Å². The Balaban J connectivity index is 0.000000171. The summed E-state index contributed by atoms with van der Waals surface area (Å²) in [7, 11) is 0. The number of aromatic nitrogens is 3. The quantitative estimate of drug-likeness (QED) is 0.121. The predicted octanol–water partition coefficient (Wildman–Crippen LogP) is 16.4. The number of para-hydroxylation sites is 1. The maximum atomic E-state index is 6.26. The van der Waals surface area contributed by atoms with Crippen LogP contribution in [0.25, 0.3) is 66.8 Å². The third kappa shape index (κ3) is 11.3. The number of hydrogen-bond donors (Lipinski definition) is 0. The minimum absolute atomic E-state index is 0. The normalized spacial score (nSPS) is 13.4. The van der Waals surface area contributed by atoms with Gasteiger partial charge in [0, 0.05) is 24.0 Å². The van der Waals surface area contributed by atoms with Crippen LogP contribution in [-0.2, 0) is 45.8 Å². The maximum Gasteiger partial charge on any atom is 3.00 e. The number of pyridine rings is 3. The van der Waals surface area contributed by atoms with Gasteiger partial charge in [0.25, 0.3) is 0 Å². The van der Waals surface area contributed by atoms with E-state index in [-0.39, 0.29) is 20.1 Å². The van der Waals surface area contributed by atoms with E-state index in [9.17, 15) is 0 Å². The summed E-state index contributed by atoms with van der Waals surface area (Å²) in [4.78, 5) is 13.9. The van der Waals surface area contributed by atoms with E-state index < -0.39 is 0 Å². The number of aryl methyl sites for hydroxylation is 6. The Labute approximate surface area is 427 Å². The Morgan fingerprint density at radius 2 is 1.24 bits per heavy atom. The Hall–Kier alpha value is -6.78. The summed E-state index contributed by atoms with van der Waals surface area (Å²) >= 11 is 0. The molecule has 0 unspecified atom stereocenters. The van der Waals surface area contributed by atoms with Crippen LogP contribution in [0, 0.1) is 37.5 Å². The molecule has 1 fully saturated rings. The number of hydrogen-bond acceptors (Lipinski definition) is 4. The first-order chi connectivity index (χ1) is 33.7. The Morgan fingerprint density at radius 1 is 0.529 bits per heavy atom. The average Bonchev–Trinajstić information content (AvgIpc) is 3.78. The van der Waals surface area contributed by atoms with Crippen molar-refractivity contribution in [3.63, 3.8) is 0 Å². The summed E-state index contributed by atoms with van der Waals surface area (Å²) < 4.78 is 6.26. The molecule has 4 aromatic heterocycles. The van der Waals surface area contributed by atoms with Gasteiger partial charge in [0.1, 0.15) is 5.58 Å². The summed E-state index contributed by atoms with van der Waals surface area (Å²) in [6, 6.07) is 65.0. The molecular weight excluding hydrogens is 1030 g/mol. The van der Waals surface area contributed by atoms with Crippen LogP contribution in [0.2, 0.25) is 0 Å². The first-order valence-electron chi connectivity index (χ1n) is 24.5. The number of fused-ring (bicyclic) bond motifs is 3. The van der Waals surface area contributed by atoms with Gasteiger partial charge in [-0.2, -0.15) is 0 Å². The summed E-state index contributed by atoms with van der Waals surface area (Å²) in [5.74, 6) is 0.685. The standard InChI is InChI=1S/C33H32NO.C32H26N2.Ir/c1-21-18-24(23-14-16-33(3,4)17-15-23)12-13-25(21)29-19-30(34-20-22(29)2)28-10-7-9-27-26-8-5-6-11-31(26)35-32(27)28;1-2-11-29(12-3-1)32-20-19-28(24-34-32)18-17-26-9-6-8-25(22-26)15-16-27-10-7-13-30(23-27)31-14-4-5-21-33-31;/h5-9,11-13,18-20,23H,14-17H2,1-4H3;1-11,14,19-24H,15-18H2;/q-1;-2;+3. The van der Waals surface area contributed by atoms with Crippen LogP contribution in [0.3, 0.4) is 0 Å². The molecule has 11 rings (SSSR count). The average molecular weight is 1090 g/mol. The van der Waals surface area contributed by atoms with Crippen molar-refractivity contribution in [1.29, 1.82) is 0 Å². The van der Waals surface area contributed by atoms with E-state index in [1.54, 1.807) is 0 Å². The molecule has 0 aliphatic heterocycles. The van der Waals surface area contributed by atoms with E-state index >= 15 is 0 Å². The van der Waals surface area contributed by atoms with Crippen molar-refractivity contribution in [2.24, 2.45) is 5.41 Å². The fraction of sp³-hybridized carbons (Fsp3) is 0.215. The number of furan rings is 1. The Bertz CT molecular complexity index is 3330. The third-order valence-corrected chi connectivity index (χ3v) is 14.1. The molecule has 1 aliphatic rings. The molecule has 1 saturated carbocycles. The SMILES string of the molecule is Cc1cc(C2CCC(C)(C)CC2)ccc1-c1cc(-c2[c-]ccc3c2oc2ccccc23)ncc1C.[Ir+3].[c-]1ccccc1-c1ccc(CCc2cccc(CCc3cc[c-]c(-c4ccccn4)c3)c2)cn1. The fourth-order valence-electron chi connectivity index (χ4n) is 9.95. The van der Waals surface area contributed by atoms with Crippen molar-refractivity contribution in [3.8, 4) is 44.9 Å². The van der Waals surface area contributed by atoms with Crippen molar-refractivity contribution in [3.05, 3.63) is 233 Å². The molecule has 0 saturated heterocycles. The molecule has 0 amide bonds. The molecular formula is C65H58IrN3O. The monoisotopic (exact) mass is 1090 g/mol. The maximum absolute atomic E-state index is 6.26. The predicted molar refractivity (Wildman–Crippen MR) is 284 cm³/mol. The first-order valence-corrected chi connectivity index (χ1v) is 24.5. The molecule has 6 aromatic carbocycles. The molecule has 0 radical (unpaired) electrons. The van der Waals surface area contributed by atoms with Crippen LogP contribution >= 0.6 is 0 Å². The molecule has 0 spiro atoms. The van der Waals surface area contributed by atoms with Gasteiger partial charge >= 0.3 is 20.1 Å². The molecule has 4 nitrogen and oxygen atoms in total. The van der Waals surface area contributed by atoms with Gasteiger partial charge in [-0.3, -0.25) is 0 Å². The molecule has 10 aromatic rings. The zero-order chi connectivity index (χ0) is 47.2. The van der Waals surface area contributed by atoms with Gasteiger partial charge in [-0.15, -0.1) is 89.5 Å². The van der Waals surface area contributed by atoms with Crippen molar-refractivity contribution in [2.45, 2.75) is 85.0 Å². The van der Waals surface area contributed by atoms with E-state index in [0.717, 1.165) is 81.4 Å². The third-order valence-electron chi connectivity index (χ3n) is 14.1. The van der Waals surface area contributed by atoms with E-state index in [0.29, 0.717) is 11.3 Å². The molecule has 70 heavy (non-hydrogen) atoms. The molecule has 348 valence electrons. The number of rotatable bonds is 11. The van der Waals surface area contributed by atoms with E-state index in [1.165, 1.54) is 75.8 Å². The van der Waals surface area contributed by atoms with Crippen LogP contribution < -0.4 is 0 Å². The molecule has 1 aliphatic carbocycles. The van der Waals surface area contributed by atoms with E-state index in [4.69, 9.17) is 9.40 Å². The summed E-state index contributed by atoms with van der Waals surface area (Å²) in [5, 5.41) is 2.23. The zero-order valence-electron chi connectivity index (χ0n) is 40.6. The van der Waals surface area contributed by atoms with E-state index in [1.807, 2.05) is 85.3 Å². The van der Waals surface area contributed by atoms with Gasteiger partial charge < -0.3 is 19.4 Å². The second-order valence-electron chi connectivity index (χ2n) is 19.6. The number of benzene rings is 6. The topological polar surface area (TPSA) is 51.8 Å². The van der Waals surface area contributed by atoms with Crippen LogP contribution in [0.1, 0.15) is 84.4 Å². The van der Waals surface area contributed by atoms with Gasteiger partial charge in [0.05, 0.1) is 5.58 Å². The smallest absolute Gasteiger partial charge is 0.501 e.